The molecule has 0 aromatic heterocycles. The van der Waals surface area contributed by atoms with Crippen LogP contribution in [-0.4, -0.2) is 11.7 Å². The largest absolute Gasteiger partial charge is 0.508 e. The van der Waals surface area contributed by atoms with Crippen LogP contribution in [0.2, 0.25) is 0 Å². The monoisotopic (exact) mass is 263 g/mol. The molecule has 0 saturated heterocycles. The predicted octanol–water partition coefficient (Wildman–Crippen LogP) is 3.22. The van der Waals surface area contributed by atoms with Crippen LogP contribution in [0, 0.1) is 11.6 Å². The highest BCUT2D eigenvalue weighted by Crippen LogP contribution is 2.37. The smallest absolute Gasteiger partial charge is 0.181 e. The van der Waals surface area contributed by atoms with E-state index in [-0.39, 0.29) is 17.5 Å². The summed E-state index contributed by atoms with van der Waals surface area (Å²) in [6, 6.07) is 8.44. The summed E-state index contributed by atoms with van der Waals surface area (Å²) >= 11 is 0. The Balaban J connectivity index is 1.89. The molecular formula is C14H11F2NO2. The van der Waals surface area contributed by atoms with Gasteiger partial charge < -0.3 is 15.2 Å². The molecule has 19 heavy (non-hydrogen) atoms. The van der Waals surface area contributed by atoms with E-state index in [0.717, 1.165) is 11.6 Å². The number of aromatic hydroxyl groups is 1. The van der Waals surface area contributed by atoms with Crippen molar-refractivity contribution in [2.75, 3.05) is 11.9 Å². The summed E-state index contributed by atoms with van der Waals surface area (Å²) in [6.07, 6.45) is 0. The van der Waals surface area contributed by atoms with Crippen LogP contribution in [0.5, 0.6) is 11.5 Å². The molecule has 0 saturated carbocycles. The number of halogens is 2. The maximum absolute atomic E-state index is 13.6. The fraction of sp³-hybridized carbons (Fsp3) is 0.143. The quantitative estimate of drug-likeness (QED) is 0.874. The third-order valence-electron chi connectivity index (χ3n) is 3.06. The summed E-state index contributed by atoms with van der Waals surface area (Å²) in [5, 5.41) is 12.2. The Morgan fingerprint density at radius 2 is 2.05 bits per heavy atom. The second-order valence-electron chi connectivity index (χ2n) is 4.33. The van der Waals surface area contributed by atoms with E-state index >= 15 is 0 Å². The average molecular weight is 263 g/mol. The predicted molar refractivity (Wildman–Crippen MR) is 66.3 cm³/mol. The van der Waals surface area contributed by atoms with E-state index in [9.17, 15) is 13.9 Å². The summed E-state index contributed by atoms with van der Waals surface area (Å²) in [4.78, 5) is 0. The van der Waals surface area contributed by atoms with Gasteiger partial charge in [0.1, 0.15) is 18.1 Å². The van der Waals surface area contributed by atoms with E-state index in [1.165, 1.54) is 24.3 Å². The van der Waals surface area contributed by atoms with Crippen LogP contribution in [0.15, 0.2) is 36.4 Å². The lowest BCUT2D eigenvalue weighted by Crippen LogP contribution is -2.13. The normalized spacial score (nSPS) is 16.8. The van der Waals surface area contributed by atoms with Crippen LogP contribution < -0.4 is 10.1 Å². The van der Waals surface area contributed by atoms with Gasteiger partial charge in [-0.2, -0.15) is 0 Å². The molecule has 0 fully saturated rings. The zero-order chi connectivity index (χ0) is 13.4. The maximum atomic E-state index is 13.6. The maximum Gasteiger partial charge on any atom is 0.181 e. The van der Waals surface area contributed by atoms with E-state index in [4.69, 9.17) is 4.74 Å². The molecule has 1 atom stereocenters. The molecule has 1 unspecified atom stereocenters. The molecule has 0 aliphatic carbocycles. The van der Waals surface area contributed by atoms with Crippen molar-refractivity contribution in [1.29, 1.82) is 0 Å². The van der Waals surface area contributed by atoms with Crippen molar-refractivity contribution in [2.45, 2.75) is 6.04 Å². The number of phenolic OH excluding ortho intramolecular Hbond substituents is 1. The molecule has 3 rings (SSSR count). The summed E-state index contributed by atoms with van der Waals surface area (Å²) in [5.74, 6) is -1.14. The minimum atomic E-state index is -0.908. The average Bonchev–Trinajstić information content (AvgIpc) is 2.77. The fourth-order valence-corrected chi connectivity index (χ4v) is 2.12. The van der Waals surface area contributed by atoms with Crippen LogP contribution in [0.1, 0.15) is 11.6 Å². The topological polar surface area (TPSA) is 41.5 Å². The van der Waals surface area contributed by atoms with Gasteiger partial charge in [0.05, 0.1) is 11.7 Å². The second-order valence-corrected chi connectivity index (χ2v) is 4.33. The molecule has 98 valence electrons. The molecule has 2 N–H and O–H groups in total. The van der Waals surface area contributed by atoms with E-state index < -0.39 is 11.6 Å². The van der Waals surface area contributed by atoms with Gasteiger partial charge >= 0.3 is 0 Å². The first kappa shape index (κ1) is 11.8. The standard InChI is InChI=1S/C14H11F2NO2/c15-10-2-1-3-11(14(10)16)17-12-7-19-13-6-8(18)4-5-9(12)13/h1-6,12,17-18H,7H2. The van der Waals surface area contributed by atoms with Crippen molar-refractivity contribution in [3.05, 3.63) is 53.6 Å². The number of benzene rings is 2. The number of hydrogen-bond acceptors (Lipinski definition) is 3. The van der Waals surface area contributed by atoms with E-state index in [1.54, 1.807) is 6.07 Å². The van der Waals surface area contributed by atoms with Crippen molar-refractivity contribution in [3.8, 4) is 11.5 Å². The highest BCUT2D eigenvalue weighted by atomic mass is 19.2. The van der Waals surface area contributed by atoms with Gasteiger partial charge in [-0.05, 0) is 24.3 Å². The van der Waals surface area contributed by atoms with Gasteiger partial charge in [0.15, 0.2) is 11.6 Å². The van der Waals surface area contributed by atoms with Gasteiger partial charge in [0.25, 0.3) is 0 Å². The number of rotatable bonds is 2. The van der Waals surface area contributed by atoms with Crippen LogP contribution >= 0.6 is 0 Å². The first-order chi connectivity index (χ1) is 9.15. The Labute approximate surface area is 108 Å². The lowest BCUT2D eigenvalue weighted by Gasteiger charge is -2.14. The molecule has 0 bridgehead atoms. The zero-order valence-electron chi connectivity index (χ0n) is 9.86. The van der Waals surface area contributed by atoms with Crippen LogP contribution in [0.25, 0.3) is 0 Å². The number of hydrogen-bond donors (Lipinski definition) is 2. The molecule has 0 amide bonds. The Hall–Kier alpha value is -2.30. The van der Waals surface area contributed by atoms with E-state index in [2.05, 4.69) is 5.32 Å². The number of anilines is 1. The second kappa shape index (κ2) is 4.42. The van der Waals surface area contributed by atoms with Gasteiger partial charge in [-0.15, -0.1) is 0 Å². The van der Waals surface area contributed by atoms with Crippen molar-refractivity contribution in [3.63, 3.8) is 0 Å². The Morgan fingerprint density at radius 3 is 2.89 bits per heavy atom. The first-order valence-corrected chi connectivity index (χ1v) is 5.81. The van der Waals surface area contributed by atoms with Crippen molar-refractivity contribution in [1.82, 2.24) is 0 Å². The SMILES string of the molecule is Oc1ccc2c(c1)OCC2Nc1cccc(F)c1F. The van der Waals surface area contributed by atoms with Crippen molar-refractivity contribution in [2.24, 2.45) is 0 Å². The molecule has 1 aliphatic heterocycles. The molecular weight excluding hydrogens is 252 g/mol. The van der Waals surface area contributed by atoms with Crippen LogP contribution in [-0.2, 0) is 0 Å². The lowest BCUT2D eigenvalue weighted by atomic mass is 10.1. The summed E-state index contributed by atoms with van der Waals surface area (Å²) in [5.41, 5.74) is 0.899. The highest BCUT2D eigenvalue weighted by Gasteiger charge is 2.25. The summed E-state index contributed by atoms with van der Waals surface area (Å²) < 4.78 is 32.1. The third-order valence-corrected chi connectivity index (χ3v) is 3.06. The van der Waals surface area contributed by atoms with Gasteiger partial charge in [-0.3, -0.25) is 0 Å². The molecule has 0 radical (unpaired) electrons. The molecule has 3 nitrogen and oxygen atoms in total. The highest BCUT2D eigenvalue weighted by molar-refractivity contribution is 5.52. The number of nitrogens with one attached hydrogen (secondary N) is 1. The summed E-state index contributed by atoms with van der Waals surface area (Å²) in [6.45, 7) is 0.300. The third kappa shape index (κ3) is 2.07. The van der Waals surface area contributed by atoms with Crippen LogP contribution in [0.3, 0.4) is 0 Å². The number of phenols is 1. The van der Waals surface area contributed by atoms with Gasteiger partial charge in [0, 0.05) is 11.6 Å². The van der Waals surface area contributed by atoms with Gasteiger partial charge in [-0.1, -0.05) is 6.07 Å². The van der Waals surface area contributed by atoms with Gasteiger partial charge in [-0.25, -0.2) is 8.78 Å². The number of fused-ring (bicyclic) bond motifs is 1. The Kier molecular flexibility index (Phi) is 2.74. The zero-order valence-corrected chi connectivity index (χ0v) is 9.86. The van der Waals surface area contributed by atoms with Gasteiger partial charge in [0.2, 0.25) is 0 Å². The minimum absolute atomic E-state index is 0.0922. The molecule has 5 heteroatoms. The Morgan fingerprint density at radius 1 is 1.21 bits per heavy atom. The lowest BCUT2D eigenvalue weighted by molar-refractivity contribution is 0.337. The Bertz CT molecular complexity index is 631. The van der Waals surface area contributed by atoms with E-state index in [1.807, 2.05) is 0 Å². The van der Waals surface area contributed by atoms with Crippen LogP contribution in [0.4, 0.5) is 14.5 Å². The first-order valence-electron chi connectivity index (χ1n) is 5.81. The molecule has 2 aromatic carbocycles. The van der Waals surface area contributed by atoms with Crippen molar-refractivity contribution < 1.29 is 18.6 Å². The molecule has 2 aromatic rings. The molecule has 1 aliphatic rings. The summed E-state index contributed by atoms with van der Waals surface area (Å²) in [7, 11) is 0. The van der Waals surface area contributed by atoms with E-state index in [0.29, 0.717) is 12.4 Å². The molecule has 1 heterocycles. The molecule has 0 spiro atoms. The number of ether oxygens (including phenoxy) is 1. The fourth-order valence-electron chi connectivity index (χ4n) is 2.12. The minimum Gasteiger partial charge on any atom is -0.508 e. The van der Waals surface area contributed by atoms with Crippen molar-refractivity contribution >= 4 is 5.69 Å².